The topological polar surface area (TPSA) is 210 Å². The fourth-order valence-corrected chi connectivity index (χ4v) is 7.53. The Morgan fingerprint density at radius 3 is 1.41 bits per heavy atom. The number of phosphoric acid groups is 1. The first-order chi connectivity index (χ1) is 29.4. The minimum absolute atomic E-state index is 0.0768. The Bertz CT molecular complexity index is 1300. The van der Waals surface area contributed by atoms with Crippen LogP contribution in [0, 0.1) is 0 Å². The van der Waals surface area contributed by atoms with E-state index < -0.39 is 75.7 Å². The number of aliphatic hydroxyl groups is 5. The maximum absolute atomic E-state index is 12.8. The summed E-state index contributed by atoms with van der Waals surface area (Å²) in [4.78, 5) is 35.7. The van der Waals surface area contributed by atoms with Gasteiger partial charge in [0.05, 0.1) is 6.61 Å². The molecule has 1 aliphatic carbocycles. The van der Waals surface area contributed by atoms with Crippen LogP contribution >= 0.6 is 7.82 Å². The number of hydrogen-bond donors (Lipinski definition) is 6. The molecule has 0 aromatic rings. The number of carbonyl (C=O) groups is 2. The van der Waals surface area contributed by atoms with E-state index in [1.165, 1.54) is 44.9 Å². The van der Waals surface area contributed by atoms with Crippen molar-refractivity contribution in [2.24, 2.45) is 0 Å². The Labute approximate surface area is 366 Å². The van der Waals surface area contributed by atoms with E-state index in [1.54, 1.807) is 0 Å². The van der Waals surface area contributed by atoms with Crippen LogP contribution in [0.3, 0.4) is 0 Å². The first kappa shape index (κ1) is 56.6. The van der Waals surface area contributed by atoms with E-state index >= 15 is 0 Å². The molecule has 61 heavy (non-hydrogen) atoms. The predicted octanol–water partition coefficient (Wildman–Crippen LogP) is 8.94. The Balaban J connectivity index is 2.49. The van der Waals surface area contributed by atoms with Crippen molar-refractivity contribution < 1.29 is 63.1 Å². The van der Waals surface area contributed by atoms with E-state index in [9.17, 15) is 44.6 Å². The lowest BCUT2D eigenvalue weighted by atomic mass is 9.85. The molecule has 0 heterocycles. The zero-order valence-electron chi connectivity index (χ0n) is 37.2. The third kappa shape index (κ3) is 29.5. The van der Waals surface area contributed by atoms with Gasteiger partial charge in [0.15, 0.2) is 6.10 Å². The molecule has 14 heteroatoms. The molecule has 0 radical (unpaired) electrons. The van der Waals surface area contributed by atoms with Crippen LogP contribution in [0.1, 0.15) is 168 Å². The van der Waals surface area contributed by atoms with Gasteiger partial charge < -0.3 is 39.9 Å². The first-order valence-electron chi connectivity index (χ1n) is 23.1. The second kappa shape index (κ2) is 37.0. The Morgan fingerprint density at radius 1 is 0.508 bits per heavy atom. The van der Waals surface area contributed by atoms with Crippen LogP contribution in [-0.2, 0) is 32.7 Å². The number of esters is 2. The number of phosphoric ester groups is 1. The van der Waals surface area contributed by atoms with Crippen molar-refractivity contribution in [2.45, 2.75) is 211 Å². The summed E-state index contributed by atoms with van der Waals surface area (Å²) in [5, 5.41) is 50.1. The SMILES string of the molecule is CCCCC/C=C\C/C=C\C/C=C\C/C=C\CCCCCC(=O)OC[C@H](COP(=O)(O)OC1C(O)C(O)C(O)[C@@H](O)C1O)OC(=O)CCCCCCC/C=C\CCCCCC. The third-order valence-electron chi connectivity index (χ3n) is 10.3. The fraction of sp³-hybridized carbons (Fsp3) is 0.745. The molecule has 0 saturated heterocycles. The lowest BCUT2D eigenvalue weighted by Crippen LogP contribution is -2.64. The third-order valence-corrected chi connectivity index (χ3v) is 11.3. The lowest BCUT2D eigenvalue weighted by Gasteiger charge is -2.41. The van der Waals surface area contributed by atoms with Gasteiger partial charge in [-0.15, -0.1) is 0 Å². The molecule has 1 rings (SSSR count). The van der Waals surface area contributed by atoms with Crippen LogP contribution in [0.5, 0.6) is 0 Å². The number of unbranched alkanes of at least 4 members (excludes halogenated alkanes) is 15. The van der Waals surface area contributed by atoms with E-state index in [4.69, 9.17) is 18.5 Å². The van der Waals surface area contributed by atoms with Crippen molar-refractivity contribution in [3.63, 3.8) is 0 Å². The molecule has 13 nitrogen and oxygen atoms in total. The zero-order valence-corrected chi connectivity index (χ0v) is 38.1. The van der Waals surface area contributed by atoms with Gasteiger partial charge in [0.2, 0.25) is 0 Å². The molecule has 0 amide bonds. The van der Waals surface area contributed by atoms with Gasteiger partial charge in [-0.1, -0.05) is 132 Å². The molecular formula is C47H81O13P. The lowest BCUT2D eigenvalue weighted by molar-refractivity contribution is -0.220. The Morgan fingerprint density at radius 2 is 0.885 bits per heavy atom. The monoisotopic (exact) mass is 885 g/mol. The highest BCUT2D eigenvalue weighted by Gasteiger charge is 2.51. The summed E-state index contributed by atoms with van der Waals surface area (Å²) in [7, 11) is -5.13. The van der Waals surface area contributed by atoms with E-state index in [0.717, 1.165) is 83.5 Å². The van der Waals surface area contributed by atoms with Crippen molar-refractivity contribution in [3.8, 4) is 0 Å². The first-order valence-corrected chi connectivity index (χ1v) is 24.6. The van der Waals surface area contributed by atoms with E-state index in [1.807, 2.05) is 0 Å². The highest BCUT2D eigenvalue weighted by Crippen LogP contribution is 2.47. The van der Waals surface area contributed by atoms with E-state index in [0.29, 0.717) is 12.8 Å². The number of allylic oxidation sites excluding steroid dienone is 10. The van der Waals surface area contributed by atoms with Gasteiger partial charge in [-0.05, 0) is 83.5 Å². The Hall–Kier alpha value is -2.45. The number of aliphatic hydroxyl groups excluding tert-OH is 5. The smallest absolute Gasteiger partial charge is 0.462 e. The van der Waals surface area contributed by atoms with Gasteiger partial charge in [-0.2, -0.15) is 0 Å². The summed E-state index contributed by atoms with van der Waals surface area (Å²) in [6.45, 7) is 3.21. The predicted molar refractivity (Wildman–Crippen MR) is 239 cm³/mol. The number of carbonyl (C=O) groups excluding carboxylic acids is 2. The molecule has 1 fully saturated rings. The highest BCUT2D eigenvalue weighted by molar-refractivity contribution is 7.47. The van der Waals surface area contributed by atoms with E-state index in [-0.39, 0.29) is 12.8 Å². The van der Waals surface area contributed by atoms with Crippen LogP contribution in [0.2, 0.25) is 0 Å². The quantitative estimate of drug-likeness (QED) is 0.0149. The molecular weight excluding hydrogens is 803 g/mol. The minimum atomic E-state index is -5.13. The van der Waals surface area contributed by atoms with Crippen LogP contribution in [0.15, 0.2) is 60.8 Å². The average molecular weight is 885 g/mol. The number of ether oxygens (including phenoxy) is 2. The van der Waals surface area contributed by atoms with Gasteiger partial charge in [0, 0.05) is 12.8 Å². The highest BCUT2D eigenvalue weighted by atomic mass is 31.2. The molecule has 352 valence electrons. The summed E-state index contributed by atoms with van der Waals surface area (Å²) >= 11 is 0. The van der Waals surface area contributed by atoms with Gasteiger partial charge in [0.1, 0.15) is 43.2 Å². The van der Waals surface area contributed by atoms with E-state index in [2.05, 4.69) is 74.6 Å². The van der Waals surface area contributed by atoms with Gasteiger partial charge in [-0.25, -0.2) is 4.57 Å². The van der Waals surface area contributed by atoms with Crippen LogP contribution in [0.4, 0.5) is 0 Å². The normalized spacial score (nSPS) is 22.6. The molecule has 6 unspecified atom stereocenters. The Kier molecular flexibility index (Phi) is 34.3. The molecule has 6 N–H and O–H groups in total. The maximum Gasteiger partial charge on any atom is 0.472 e. The fourth-order valence-electron chi connectivity index (χ4n) is 6.56. The van der Waals surface area contributed by atoms with Crippen molar-refractivity contribution in [3.05, 3.63) is 60.8 Å². The summed E-state index contributed by atoms with van der Waals surface area (Å²) in [5.74, 6) is -1.15. The number of hydrogen-bond acceptors (Lipinski definition) is 12. The molecule has 1 saturated carbocycles. The van der Waals surface area contributed by atoms with Crippen molar-refractivity contribution in [2.75, 3.05) is 13.2 Å². The summed E-state index contributed by atoms with van der Waals surface area (Å²) < 4.78 is 33.5. The zero-order chi connectivity index (χ0) is 45.0. The van der Waals surface area contributed by atoms with Gasteiger partial charge in [-0.3, -0.25) is 18.6 Å². The largest absolute Gasteiger partial charge is 0.472 e. The summed E-state index contributed by atoms with van der Waals surface area (Å²) in [6, 6.07) is 0. The molecule has 1 aliphatic rings. The maximum atomic E-state index is 12.8. The summed E-state index contributed by atoms with van der Waals surface area (Å²) in [6.07, 6.45) is 31.3. The molecule has 0 aromatic carbocycles. The van der Waals surface area contributed by atoms with Crippen LogP contribution in [-0.4, -0.2) is 98.3 Å². The minimum Gasteiger partial charge on any atom is -0.462 e. The molecule has 0 aliphatic heterocycles. The van der Waals surface area contributed by atoms with Crippen molar-refractivity contribution in [1.29, 1.82) is 0 Å². The van der Waals surface area contributed by atoms with Gasteiger partial charge in [0.25, 0.3) is 0 Å². The van der Waals surface area contributed by atoms with Crippen LogP contribution in [0.25, 0.3) is 0 Å². The van der Waals surface area contributed by atoms with Crippen molar-refractivity contribution >= 4 is 19.8 Å². The second-order valence-electron chi connectivity index (χ2n) is 15.9. The number of rotatable bonds is 37. The van der Waals surface area contributed by atoms with Gasteiger partial charge >= 0.3 is 19.8 Å². The van der Waals surface area contributed by atoms with Crippen LogP contribution < -0.4 is 0 Å². The summed E-state index contributed by atoms with van der Waals surface area (Å²) in [5.41, 5.74) is 0. The molecule has 8 atom stereocenters. The molecule has 0 bridgehead atoms. The molecule has 0 spiro atoms. The molecule has 0 aromatic heterocycles. The standard InChI is InChI=1S/C47H81O13P/c1-3-5-7-9-11-13-15-17-18-19-20-21-22-24-25-27-29-31-33-35-40(48)57-37-39(38-58-61(55,56)60-47-45(53)43(51)42(50)44(52)46(47)54)59-41(49)36-34-32-30-28-26-23-16-14-12-10-8-6-4-2/h11,13-14,16-18,20-21,24-25,39,42-47,50-54H,3-10,12,15,19,22-23,26-38H2,1-2H3,(H,55,56)/b13-11-,16-14-,18-17-,21-20-,25-24-/t39-,42?,43-,44?,45?,46?,47?/m1/s1. The average Bonchev–Trinajstić information content (AvgIpc) is 3.24. The second-order valence-corrected chi connectivity index (χ2v) is 17.3. The van der Waals surface area contributed by atoms with Crippen molar-refractivity contribution in [1.82, 2.24) is 0 Å².